The minimum atomic E-state index is -3.10. The van der Waals surface area contributed by atoms with Crippen molar-refractivity contribution in [3.8, 4) is 0 Å². The standard InChI is InChI=1S/C14H20NO3P/c1-3-17-19(16,18-4-2)14-11-10-13(14)15-12-8-6-5-7-9-12/h5-9,15H,3-4,10-11H2,1-2H3. The first-order chi connectivity index (χ1) is 9.19. The van der Waals surface area contributed by atoms with Crippen LogP contribution in [-0.4, -0.2) is 13.2 Å². The average Bonchev–Trinajstić information content (AvgIpc) is 2.36. The van der Waals surface area contributed by atoms with Crippen LogP contribution in [0, 0.1) is 0 Å². The second-order valence-electron chi connectivity index (χ2n) is 4.25. The summed E-state index contributed by atoms with van der Waals surface area (Å²) < 4.78 is 23.4. The van der Waals surface area contributed by atoms with E-state index >= 15 is 0 Å². The molecule has 1 aromatic rings. The van der Waals surface area contributed by atoms with Crippen molar-refractivity contribution in [1.29, 1.82) is 0 Å². The first-order valence-electron chi connectivity index (χ1n) is 6.63. The molecule has 0 aliphatic heterocycles. The molecule has 1 aromatic carbocycles. The van der Waals surface area contributed by atoms with E-state index in [1.807, 2.05) is 44.2 Å². The van der Waals surface area contributed by atoms with Crippen LogP contribution in [0.25, 0.3) is 0 Å². The Kier molecular flexibility index (Phi) is 4.81. The Morgan fingerprint density at radius 2 is 1.74 bits per heavy atom. The second-order valence-corrected chi connectivity index (χ2v) is 6.30. The molecule has 1 aliphatic carbocycles. The zero-order valence-corrected chi connectivity index (χ0v) is 12.3. The normalized spacial score (nSPS) is 15.3. The van der Waals surface area contributed by atoms with E-state index in [1.54, 1.807) is 0 Å². The summed E-state index contributed by atoms with van der Waals surface area (Å²) in [7, 11) is -3.10. The van der Waals surface area contributed by atoms with Crippen molar-refractivity contribution in [2.75, 3.05) is 18.5 Å². The number of allylic oxidation sites excluding steroid dienone is 2. The van der Waals surface area contributed by atoms with Crippen LogP contribution in [0.15, 0.2) is 41.3 Å². The fourth-order valence-electron chi connectivity index (χ4n) is 2.03. The minimum absolute atomic E-state index is 0.388. The molecule has 1 aliphatic rings. The van der Waals surface area contributed by atoms with Crippen molar-refractivity contribution in [3.63, 3.8) is 0 Å². The monoisotopic (exact) mass is 281 g/mol. The van der Waals surface area contributed by atoms with Crippen LogP contribution < -0.4 is 5.32 Å². The van der Waals surface area contributed by atoms with Gasteiger partial charge in [0.15, 0.2) is 0 Å². The first kappa shape index (κ1) is 14.3. The molecule has 19 heavy (non-hydrogen) atoms. The Morgan fingerprint density at radius 1 is 1.11 bits per heavy atom. The van der Waals surface area contributed by atoms with E-state index in [0.29, 0.717) is 13.2 Å². The molecule has 0 saturated carbocycles. The van der Waals surface area contributed by atoms with Gasteiger partial charge in [-0.15, -0.1) is 0 Å². The van der Waals surface area contributed by atoms with Crippen LogP contribution in [0.5, 0.6) is 0 Å². The highest BCUT2D eigenvalue weighted by Gasteiger charge is 2.37. The summed E-state index contributed by atoms with van der Waals surface area (Å²) in [6.45, 7) is 4.43. The molecule has 4 nitrogen and oxygen atoms in total. The molecule has 0 spiro atoms. The Hall–Kier alpha value is -1.09. The lowest BCUT2D eigenvalue weighted by molar-refractivity contribution is 0.224. The zero-order valence-electron chi connectivity index (χ0n) is 11.4. The molecule has 0 amide bonds. The van der Waals surface area contributed by atoms with Gasteiger partial charge in [-0.2, -0.15) is 0 Å². The maximum Gasteiger partial charge on any atom is 0.359 e. The molecule has 104 valence electrons. The van der Waals surface area contributed by atoms with Crippen molar-refractivity contribution < 1.29 is 13.6 Å². The van der Waals surface area contributed by atoms with Gasteiger partial charge in [-0.25, -0.2) is 0 Å². The van der Waals surface area contributed by atoms with Gasteiger partial charge in [0.05, 0.1) is 18.5 Å². The molecule has 0 unspecified atom stereocenters. The summed E-state index contributed by atoms with van der Waals surface area (Å²) in [5, 5.41) is 4.09. The highest BCUT2D eigenvalue weighted by molar-refractivity contribution is 7.58. The third-order valence-corrected chi connectivity index (χ3v) is 5.31. The molecule has 0 heterocycles. The van der Waals surface area contributed by atoms with Gasteiger partial charge in [-0.3, -0.25) is 4.57 Å². The van der Waals surface area contributed by atoms with Crippen molar-refractivity contribution in [2.24, 2.45) is 0 Å². The molecule has 0 atom stereocenters. The van der Waals surface area contributed by atoms with Gasteiger partial charge in [-0.1, -0.05) is 18.2 Å². The van der Waals surface area contributed by atoms with Gasteiger partial charge in [0.2, 0.25) is 0 Å². The summed E-state index contributed by atoms with van der Waals surface area (Å²) in [5.41, 5.74) is 1.96. The number of benzene rings is 1. The van der Waals surface area contributed by atoms with E-state index in [9.17, 15) is 4.57 Å². The topological polar surface area (TPSA) is 47.6 Å². The van der Waals surface area contributed by atoms with Crippen molar-refractivity contribution >= 4 is 13.3 Å². The summed E-state index contributed by atoms with van der Waals surface area (Å²) in [6.07, 6.45) is 1.65. The minimum Gasteiger partial charge on any atom is -0.358 e. The molecular weight excluding hydrogens is 261 g/mol. The lowest BCUT2D eigenvalue weighted by Crippen LogP contribution is -2.15. The van der Waals surface area contributed by atoms with Gasteiger partial charge in [-0.05, 0) is 38.8 Å². The van der Waals surface area contributed by atoms with Gasteiger partial charge in [0.1, 0.15) is 0 Å². The van der Waals surface area contributed by atoms with Crippen LogP contribution in [0.3, 0.4) is 0 Å². The number of hydrogen-bond donors (Lipinski definition) is 1. The Bertz CT molecular complexity index is 489. The fraction of sp³-hybridized carbons (Fsp3) is 0.429. The highest BCUT2D eigenvalue weighted by atomic mass is 31.2. The van der Waals surface area contributed by atoms with Crippen LogP contribution >= 0.6 is 7.60 Å². The lowest BCUT2D eigenvalue weighted by Gasteiger charge is -2.30. The number of nitrogens with one attached hydrogen (secondary N) is 1. The van der Waals surface area contributed by atoms with E-state index in [1.165, 1.54) is 0 Å². The van der Waals surface area contributed by atoms with Crippen molar-refractivity contribution in [2.45, 2.75) is 26.7 Å². The maximum atomic E-state index is 12.7. The number of para-hydroxylation sites is 1. The predicted molar refractivity (Wildman–Crippen MR) is 77.2 cm³/mol. The molecule has 0 fully saturated rings. The summed E-state index contributed by atoms with van der Waals surface area (Å²) in [5.74, 6) is 0. The first-order valence-corrected chi connectivity index (χ1v) is 8.17. The quantitative estimate of drug-likeness (QED) is 0.754. The Morgan fingerprint density at radius 3 is 2.21 bits per heavy atom. The van der Waals surface area contributed by atoms with Crippen LogP contribution in [-0.2, 0) is 13.6 Å². The molecule has 5 heteroatoms. The van der Waals surface area contributed by atoms with E-state index < -0.39 is 7.60 Å². The molecule has 0 aromatic heterocycles. The van der Waals surface area contributed by atoms with Crippen LogP contribution in [0.1, 0.15) is 26.7 Å². The highest BCUT2D eigenvalue weighted by Crippen LogP contribution is 2.62. The SMILES string of the molecule is CCOP(=O)(OCC)C1=C(Nc2ccccc2)CC1. The fourth-order valence-corrected chi connectivity index (χ4v) is 3.98. The number of hydrogen-bond acceptors (Lipinski definition) is 4. The molecule has 0 radical (unpaired) electrons. The number of anilines is 1. The van der Waals surface area contributed by atoms with E-state index in [0.717, 1.165) is 29.5 Å². The zero-order chi connectivity index (χ0) is 13.7. The lowest BCUT2D eigenvalue weighted by atomic mass is 10.1. The van der Waals surface area contributed by atoms with Gasteiger partial charge < -0.3 is 14.4 Å². The van der Waals surface area contributed by atoms with Gasteiger partial charge in [0, 0.05) is 11.4 Å². The Labute approximate surface area is 114 Å². The van der Waals surface area contributed by atoms with E-state index in [2.05, 4.69) is 5.32 Å². The average molecular weight is 281 g/mol. The summed E-state index contributed by atoms with van der Waals surface area (Å²) >= 11 is 0. The largest absolute Gasteiger partial charge is 0.359 e. The van der Waals surface area contributed by atoms with Crippen molar-refractivity contribution in [1.82, 2.24) is 0 Å². The molecule has 2 rings (SSSR count). The third kappa shape index (κ3) is 3.27. The van der Waals surface area contributed by atoms with Crippen LogP contribution in [0.2, 0.25) is 0 Å². The smallest absolute Gasteiger partial charge is 0.358 e. The number of rotatable bonds is 7. The third-order valence-electron chi connectivity index (χ3n) is 2.96. The second kappa shape index (κ2) is 6.38. The van der Waals surface area contributed by atoms with E-state index in [-0.39, 0.29) is 0 Å². The molecular formula is C14H20NO3P. The van der Waals surface area contributed by atoms with Gasteiger partial charge in [0.25, 0.3) is 0 Å². The molecule has 0 saturated heterocycles. The Balaban J connectivity index is 2.18. The molecule has 1 N–H and O–H groups in total. The van der Waals surface area contributed by atoms with Gasteiger partial charge >= 0.3 is 7.60 Å². The van der Waals surface area contributed by atoms with Crippen molar-refractivity contribution in [3.05, 3.63) is 41.3 Å². The predicted octanol–water partition coefficient (Wildman–Crippen LogP) is 4.37. The summed E-state index contributed by atoms with van der Waals surface area (Å²) in [6, 6.07) is 9.86. The van der Waals surface area contributed by atoms with Crippen LogP contribution in [0.4, 0.5) is 5.69 Å². The maximum absolute atomic E-state index is 12.7. The van der Waals surface area contributed by atoms with E-state index in [4.69, 9.17) is 9.05 Å². The molecule has 0 bridgehead atoms. The summed E-state index contributed by atoms with van der Waals surface area (Å²) in [4.78, 5) is 0.